The van der Waals surface area contributed by atoms with Crippen LogP contribution in [0.25, 0.3) is 11.1 Å². The molecule has 1 heterocycles. The largest absolute Gasteiger partial charge is 0.481 e. The van der Waals surface area contributed by atoms with E-state index in [1.54, 1.807) is 59.5 Å². The summed E-state index contributed by atoms with van der Waals surface area (Å²) in [5.74, 6) is -1.45. The van der Waals surface area contributed by atoms with E-state index in [-0.39, 0.29) is 30.4 Å². The Hall–Kier alpha value is -4.98. The average molecular weight is 511 g/mol. The van der Waals surface area contributed by atoms with Crippen molar-refractivity contribution >= 4 is 29.2 Å². The molecule has 0 spiro atoms. The Labute approximate surface area is 218 Å². The van der Waals surface area contributed by atoms with Gasteiger partial charge in [-0.05, 0) is 52.6 Å². The van der Waals surface area contributed by atoms with Crippen LogP contribution in [0.1, 0.15) is 21.5 Å². The molecule has 0 aromatic heterocycles. The fraction of sp³-hybridized carbons (Fsp3) is 0.100. The smallest absolute Gasteiger partial charge is 0.336 e. The summed E-state index contributed by atoms with van der Waals surface area (Å²) in [4.78, 5) is 38.3. The maximum absolute atomic E-state index is 13.4. The highest BCUT2D eigenvalue weighted by Crippen LogP contribution is 2.36. The number of amides is 2. The average Bonchev–Trinajstić information content (AvgIpc) is 2.90. The van der Waals surface area contributed by atoms with Gasteiger partial charge in [0, 0.05) is 11.8 Å². The molecule has 38 heavy (non-hydrogen) atoms. The molecular weight excluding hydrogens is 487 g/mol. The summed E-state index contributed by atoms with van der Waals surface area (Å²) < 4.78 is 19.0. The highest BCUT2D eigenvalue weighted by molar-refractivity contribution is 5.99. The molecule has 1 aliphatic rings. The second kappa shape index (κ2) is 10.6. The van der Waals surface area contributed by atoms with Crippen LogP contribution < -0.4 is 15.0 Å². The third-order valence-corrected chi connectivity index (χ3v) is 6.20. The first-order valence-corrected chi connectivity index (χ1v) is 11.9. The summed E-state index contributed by atoms with van der Waals surface area (Å²) >= 11 is 0. The lowest BCUT2D eigenvalue weighted by atomic mass is 9.98. The third kappa shape index (κ3) is 5.39. The molecule has 2 amide bonds. The van der Waals surface area contributed by atoms with Crippen LogP contribution in [-0.2, 0) is 22.6 Å². The van der Waals surface area contributed by atoms with Crippen molar-refractivity contribution in [2.45, 2.75) is 13.0 Å². The Morgan fingerprint density at radius 1 is 0.921 bits per heavy atom. The number of aromatic carboxylic acids is 1. The maximum atomic E-state index is 13.4. The number of nitrogens with one attached hydrogen (secondary N) is 1. The summed E-state index contributed by atoms with van der Waals surface area (Å²) in [5.41, 5.74) is 4.09. The molecule has 1 aliphatic heterocycles. The molecule has 0 fully saturated rings. The normalized spacial score (nSPS) is 12.4. The van der Waals surface area contributed by atoms with Crippen LogP contribution in [0.15, 0.2) is 91.0 Å². The molecule has 0 bridgehead atoms. The number of carboxylic acid groups (broad SMARTS) is 1. The van der Waals surface area contributed by atoms with E-state index in [2.05, 4.69) is 5.32 Å². The first-order valence-electron chi connectivity index (χ1n) is 11.9. The summed E-state index contributed by atoms with van der Waals surface area (Å²) in [6.45, 7) is 0.152. The van der Waals surface area contributed by atoms with Gasteiger partial charge in [0.2, 0.25) is 5.91 Å². The molecule has 4 aromatic rings. The van der Waals surface area contributed by atoms with Crippen molar-refractivity contribution < 1.29 is 28.6 Å². The van der Waals surface area contributed by atoms with E-state index in [9.17, 15) is 23.9 Å². The fourth-order valence-electron chi connectivity index (χ4n) is 4.39. The number of hydrogen-bond acceptors (Lipinski definition) is 4. The topological polar surface area (TPSA) is 95.9 Å². The standard InChI is InChI=1S/C30H23FN2O5/c31-22-5-3-4-20(14-22)15-28(34)32-23-12-13-26-27(16-23)38-18-29(35)33(26)17-19-8-10-21(11-9-19)24-6-1-2-7-25(24)30(36)37/h1-14,16H,15,17-18H2,(H,32,34)(H,36,37). The van der Waals surface area contributed by atoms with Gasteiger partial charge in [-0.2, -0.15) is 0 Å². The maximum Gasteiger partial charge on any atom is 0.336 e. The van der Waals surface area contributed by atoms with Crippen molar-refractivity contribution in [3.05, 3.63) is 114 Å². The van der Waals surface area contributed by atoms with E-state index in [1.807, 2.05) is 24.3 Å². The molecule has 0 unspecified atom stereocenters. The predicted molar refractivity (Wildman–Crippen MR) is 141 cm³/mol. The number of carbonyl (C=O) groups is 3. The Bertz CT molecular complexity index is 1530. The van der Waals surface area contributed by atoms with Gasteiger partial charge in [0.25, 0.3) is 5.91 Å². The van der Waals surface area contributed by atoms with Crippen LogP contribution >= 0.6 is 0 Å². The van der Waals surface area contributed by atoms with Gasteiger partial charge in [-0.3, -0.25) is 9.59 Å². The molecule has 8 heteroatoms. The first-order chi connectivity index (χ1) is 18.4. The van der Waals surface area contributed by atoms with Crippen molar-refractivity contribution in [2.75, 3.05) is 16.8 Å². The van der Waals surface area contributed by atoms with Crippen molar-refractivity contribution in [1.82, 2.24) is 0 Å². The second-order valence-corrected chi connectivity index (χ2v) is 8.85. The zero-order chi connectivity index (χ0) is 26.6. The first kappa shape index (κ1) is 24.7. The van der Waals surface area contributed by atoms with Gasteiger partial charge < -0.3 is 20.1 Å². The van der Waals surface area contributed by atoms with Crippen LogP contribution in [0.4, 0.5) is 15.8 Å². The monoisotopic (exact) mass is 510 g/mol. The van der Waals surface area contributed by atoms with E-state index in [0.717, 1.165) is 11.1 Å². The third-order valence-electron chi connectivity index (χ3n) is 6.20. The summed E-state index contributed by atoms with van der Waals surface area (Å²) in [6, 6.07) is 25.1. The molecule has 0 radical (unpaired) electrons. The lowest BCUT2D eigenvalue weighted by molar-refractivity contribution is -0.121. The number of carboxylic acids is 1. The zero-order valence-corrected chi connectivity index (χ0v) is 20.2. The van der Waals surface area contributed by atoms with E-state index in [1.165, 1.54) is 12.1 Å². The molecule has 5 rings (SSSR count). The lowest BCUT2D eigenvalue weighted by Gasteiger charge is -2.30. The van der Waals surface area contributed by atoms with Gasteiger partial charge in [0.05, 0.1) is 24.2 Å². The van der Waals surface area contributed by atoms with Crippen molar-refractivity contribution in [1.29, 1.82) is 0 Å². The number of benzene rings is 4. The lowest BCUT2D eigenvalue weighted by Crippen LogP contribution is -2.38. The van der Waals surface area contributed by atoms with Crippen molar-refractivity contribution in [3.8, 4) is 16.9 Å². The van der Waals surface area contributed by atoms with Gasteiger partial charge in [-0.15, -0.1) is 0 Å². The van der Waals surface area contributed by atoms with E-state index in [0.29, 0.717) is 34.8 Å². The Morgan fingerprint density at radius 3 is 2.47 bits per heavy atom. The molecule has 7 nitrogen and oxygen atoms in total. The number of rotatable bonds is 7. The van der Waals surface area contributed by atoms with Crippen LogP contribution in [0.5, 0.6) is 5.75 Å². The molecule has 190 valence electrons. The highest BCUT2D eigenvalue weighted by atomic mass is 19.1. The fourth-order valence-corrected chi connectivity index (χ4v) is 4.39. The van der Waals surface area contributed by atoms with E-state index >= 15 is 0 Å². The SMILES string of the molecule is O=C(Cc1cccc(F)c1)Nc1ccc2c(c1)OCC(=O)N2Cc1ccc(-c2ccccc2C(=O)O)cc1. The van der Waals surface area contributed by atoms with Crippen LogP contribution in [0, 0.1) is 5.82 Å². The molecule has 0 saturated carbocycles. The van der Waals surface area contributed by atoms with Crippen LogP contribution in [-0.4, -0.2) is 29.5 Å². The van der Waals surface area contributed by atoms with Gasteiger partial charge in [0.15, 0.2) is 6.61 Å². The number of fused-ring (bicyclic) bond motifs is 1. The van der Waals surface area contributed by atoms with E-state index < -0.39 is 11.8 Å². The van der Waals surface area contributed by atoms with Gasteiger partial charge in [0.1, 0.15) is 11.6 Å². The number of hydrogen-bond donors (Lipinski definition) is 2. The molecule has 0 saturated heterocycles. The Balaban J connectivity index is 1.30. The molecular formula is C30H23FN2O5. The minimum Gasteiger partial charge on any atom is -0.481 e. The summed E-state index contributed by atoms with van der Waals surface area (Å²) in [6.07, 6.45) is 0.0211. The molecule has 4 aromatic carbocycles. The molecule has 0 aliphatic carbocycles. The van der Waals surface area contributed by atoms with Gasteiger partial charge in [-0.25, -0.2) is 9.18 Å². The van der Waals surface area contributed by atoms with Crippen molar-refractivity contribution in [3.63, 3.8) is 0 Å². The minimum atomic E-state index is -0.996. The van der Waals surface area contributed by atoms with Gasteiger partial charge >= 0.3 is 5.97 Å². The van der Waals surface area contributed by atoms with Crippen LogP contribution in [0.2, 0.25) is 0 Å². The second-order valence-electron chi connectivity index (χ2n) is 8.85. The predicted octanol–water partition coefficient (Wildman–Crippen LogP) is 5.30. The number of ether oxygens (including phenoxy) is 1. The van der Waals surface area contributed by atoms with Gasteiger partial charge in [-0.1, -0.05) is 54.6 Å². The minimum absolute atomic E-state index is 0.0211. The Morgan fingerprint density at radius 2 is 1.71 bits per heavy atom. The van der Waals surface area contributed by atoms with Crippen LogP contribution in [0.3, 0.4) is 0 Å². The Kier molecular flexibility index (Phi) is 6.86. The number of halogens is 1. The number of anilines is 2. The summed E-state index contributed by atoms with van der Waals surface area (Å²) in [7, 11) is 0. The quantitative estimate of drug-likeness (QED) is 0.352. The summed E-state index contributed by atoms with van der Waals surface area (Å²) in [5, 5.41) is 12.3. The molecule has 2 N–H and O–H groups in total. The zero-order valence-electron chi connectivity index (χ0n) is 20.2. The van der Waals surface area contributed by atoms with Crippen molar-refractivity contribution in [2.24, 2.45) is 0 Å². The van der Waals surface area contributed by atoms with E-state index in [4.69, 9.17) is 4.74 Å². The molecule has 0 atom stereocenters. The number of nitrogens with zero attached hydrogens (tertiary/aromatic N) is 1. The number of carbonyl (C=O) groups excluding carboxylic acids is 2. The highest BCUT2D eigenvalue weighted by Gasteiger charge is 2.26.